The number of nitrogens with zero attached hydrogens (tertiary/aromatic N) is 3. The molecule has 0 saturated heterocycles. The van der Waals surface area contributed by atoms with Gasteiger partial charge < -0.3 is 15.5 Å². The highest BCUT2D eigenvalue weighted by Crippen LogP contribution is 2.17. The molecule has 0 spiro atoms. The summed E-state index contributed by atoms with van der Waals surface area (Å²) in [7, 11) is 1.72. The van der Waals surface area contributed by atoms with E-state index in [1.165, 1.54) is 4.57 Å². The van der Waals surface area contributed by atoms with E-state index in [1.54, 1.807) is 16.8 Å². The first-order valence-electron chi connectivity index (χ1n) is 9.54. The van der Waals surface area contributed by atoms with Crippen molar-refractivity contribution in [2.24, 2.45) is 0 Å². The first kappa shape index (κ1) is 21.3. The molecular formula is C20H29N5O3. The van der Waals surface area contributed by atoms with Crippen molar-refractivity contribution < 1.29 is 4.79 Å². The Balaban J connectivity index is 2.23. The molecule has 0 unspecified atom stereocenters. The Morgan fingerprint density at radius 2 is 1.86 bits per heavy atom. The van der Waals surface area contributed by atoms with Crippen LogP contribution < -0.4 is 21.9 Å². The Labute approximate surface area is 164 Å². The van der Waals surface area contributed by atoms with Crippen LogP contribution in [0.5, 0.6) is 0 Å². The van der Waals surface area contributed by atoms with Crippen molar-refractivity contribution in [3.63, 3.8) is 0 Å². The minimum Gasteiger partial charge on any atom is -0.383 e. The summed E-state index contributed by atoms with van der Waals surface area (Å²) in [6.07, 6.45) is 1.65. The van der Waals surface area contributed by atoms with Gasteiger partial charge in [-0.15, -0.1) is 0 Å². The molecule has 0 saturated carbocycles. The van der Waals surface area contributed by atoms with E-state index < -0.39 is 11.2 Å². The minimum absolute atomic E-state index is 0.000898. The number of H-pyrrole nitrogens is 1. The number of hydrogen-bond acceptors (Lipinski definition) is 5. The summed E-state index contributed by atoms with van der Waals surface area (Å²) in [5.41, 5.74) is 6.24. The molecule has 0 radical (unpaired) electrons. The van der Waals surface area contributed by atoms with Crippen molar-refractivity contribution >= 4 is 17.4 Å². The zero-order valence-corrected chi connectivity index (χ0v) is 16.8. The Hall–Kier alpha value is -3.03. The Bertz CT molecular complexity index is 904. The van der Waals surface area contributed by atoms with E-state index in [1.807, 2.05) is 44.2 Å². The number of benzene rings is 1. The number of rotatable bonds is 9. The van der Waals surface area contributed by atoms with Crippen LogP contribution in [0.3, 0.4) is 0 Å². The van der Waals surface area contributed by atoms with E-state index in [9.17, 15) is 14.4 Å². The van der Waals surface area contributed by atoms with Gasteiger partial charge in [0, 0.05) is 26.7 Å². The number of nitrogen functional groups attached to an aromatic ring is 1. The highest BCUT2D eigenvalue weighted by Gasteiger charge is 2.21. The molecule has 0 aliphatic rings. The van der Waals surface area contributed by atoms with Crippen LogP contribution in [0.1, 0.15) is 32.3 Å². The molecular weight excluding hydrogens is 358 g/mol. The van der Waals surface area contributed by atoms with Crippen LogP contribution in [0.4, 0.5) is 11.5 Å². The van der Waals surface area contributed by atoms with Crippen molar-refractivity contribution in [2.45, 2.75) is 39.8 Å². The average Bonchev–Trinajstić information content (AvgIpc) is 2.67. The van der Waals surface area contributed by atoms with Gasteiger partial charge in [-0.05, 0) is 18.9 Å². The number of unbranched alkanes of at least 4 members (excludes halogenated alkanes) is 1. The summed E-state index contributed by atoms with van der Waals surface area (Å²) in [5, 5.41) is 0. The first-order chi connectivity index (χ1) is 13.4. The van der Waals surface area contributed by atoms with E-state index in [-0.39, 0.29) is 24.0 Å². The lowest BCUT2D eigenvalue weighted by atomic mass is 10.2. The molecule has 1 heterocycles. The molecule has 8 nitrogen and oxygen atoms in total. The number of carbonyl (C=O) groups excluding carboxylic acids is 1. The molecule has 0 bridgehead atoms. The summed E-state index contributed by atoms with van der Waals surface area (Å²) in [4.78, 5) is 42.7. The highest BCUT2D eigenvalue weighted by atomic mass is 16.2. The first-order valence-corrected chi connectivity index (χ1v) is 9.54. The quantitative estimate of drug-likeness (QED) is 0.677. The molecule has 1 aromatic heterocycles. The topological polar surface area (TPSA) is 104 Å². The normalized spacial score (nSPS) is 10.7. The maximum absolute atomic E-state index is 12.7. The third kappa shape index (κ3) is 5.03. The second kappa shape index (κ2) is 9.77. The summed E-state index contributed by atoms with van der Waals surface area (Å²) in [6, 6.07) is 9.67. The second-order valence-electron chi connectivity index (χ2n) is 6.75. The number of carbonyl (C=O) groups is 1. The van der Waals surface area contributed by atoms with Crippen LogP contribution in [0, 0.1) is 0 Å². The molecule has 1 aromatic carbocycles. The van der Waals surface area contributed by atoms with Gasteiger partial charge >= 0.3 is 5.69 Å². The molecule has 8 heteroatoms. The number of nitrogens with one attached hydrogen (secondary N) is 1. The van der Waals surface area contributed by atoms with Gasteiger partial charge in [-0.1, -0.05) is 43.7 Å². The molecule has 152 valence electrons. The van der Waals surface area contributed by atoms with Gasteiger partial charge in [0.15, 0.2) is 0 Å². The zero-order valence-electron chi connectivity index (χ0n) is 16.8. The standard InChI is InChI=1S/C20H29N5O3/c1-4-6-12-25-18(21)17(19(27)22-20(25)28)24(5-2)14-16(26)23(3)13-15-10-8-7-9-11-15/h7-11H,4-6,12-14,21H2,1-3H3,(H,22,27,28). The van der Waals surface area contributed by atoms with Gasteiger partial charge in [0.05, 0.1) is 6.54 Å². The SMILES string of the molecule is CCCCn1c(N)c(N(CC)CC(=O)N(C)Cc2ccccc2)c(=O)[nH]c1=O. The van der Waals surface area contributed by atoms with Crippen LogP contribution >= 0.6 is 0 Å². The monoisotopic (exact) mass is 387 g/mol. The fourth-order valence-electron chi connectivity index (χ4n) is 3.00. The molecule has 28 heavy (non-hydrogen) atoms. The molecule has 0 atom stereocenters. The molecule has 0 aliphatic carbocycles. The molecule has 0 fully saturated rings. The number of aromatic nitrogens is 2. The predicted octanol–water partition coefficient (Wildman–Crippen LogP) is 1.40. The van der Waals surface area contributed by atoms with Gasteiger partial charge in [0.2, 0.25) is 5.91 Å². The van der Waals surface area contributed by atoms with E-state index >= 15 is 0 Å². The van der Waals surface area contributed by atoms with E-state index in [2.05, 4.69) is 4.98 Å². The number of nitrogens with two attached hydrogens (primary N) is 1. The van der Waals surface area contributed by atoms with Crippen molar-refractivity contribution in [1.29, 1.82) is 0 Å². The highest BCUT2D eigenvalue weighted by molar-refractivity contribution is 5.82. The number of aromatic amines is 1. The lowest BCUT2D eigenvalue weighted by Gasteiger charge is -2.27. The van der Waals surface area contributed by atoms with Crippen LogP contribution in [-0.2, 0) is 17.9 Å². The Morgan fingerprint density at radius 1 is 1.18 bits per heavy atom. The molecule has 3 N–H and O–H groups in total. The summed E-state index contributed by atoms with van der Waals surface area (Å²) >= 11 is 0. The third-order valence-corrected chi connectivity index (χ3v) is 4.66. The van der Waals surface area contributed by atoms with E-state index in [0.29, 0.717) is 19.6 Å². The molecule has 1 amide bonds. The van der Waals surface area contributed by atoms with Crippen LogP contribution in [0.25, 0.3) is 0 Å². The van der Waals surface area contributed by atoms with Crippen molar-refractivity contribution in [1.82, 2.24) is 14.5 Å². The van der Waals surface area contributed by atoms with Gasteiger partial charge in [-0.2, -0.15) is 0 Å². The molecule has 0 aliphatic heterocycles. The minimum atomic E-state index is -0.574. The average molecular weight is 387 g/mol. The lowest BCUT2D eigenvalue weighted by molar-refractivity contribution is -0.128. The summed E-state index contributed by atoms with van der Waals surface area (Å²) < 4.78 is 1.36. The summed E-state index contributed by atoms with van der Waals surface area (Å²) in [6.45, 7) is 5.14. The number of likely N-dealkylation sites (N-methyl/N-ethyl adjacent to an activating group) is 2. The predicted molar refractivity (Wildman–Crippen MR) is 111 cm³/mol. The molecule has 2 aromatic rings. The van der Waals surface area contributed by atoms with Crippen LogP contribution in [-0.4, -0.2) is 40.5 Å². The smallest absolute Gasteiger partial charge is 0.330 e. The molecule has 2 rings (SSSR count). The number of anilines is 2. The largest absolute Gasteiger partial charge is 0.383 e. The Morgan fingerprint density at radius 3 is 2.46 bits per heavy atom. The number of amides is 1. The zero-order chi connectivity index (χ0) is 20.7. The number of hydrogen-bond donors (Lipinski definition) is 2. The van der Waals surface area contributed by atoms with Gasteiger partial charge in [0.1, 0.15) is 11.5 Å². The maximum Gasteiger partial charge on any atom is 0.330 e. The fraction of sp³-hybridized carbons (Fsp3) is 0.450. The van der Waals surface area contributed by atoms with E-state index in [0.717, 1.165) is 18.4 Å². The third-order valence-electron chi connectivity index (χ3n) is 4.66. The lowest BCUT2D eigenvalue weighted by Crippen LogP contribution is -2.43. The van der Waals surface area contributed by atoms with Crippen molar-refractivity contribution in [3.05, 3.63) is 56.7 Å². The van der Waals surface area contributed by atoms with Crippen molar-refractivity contribution in [3.8, 4) is 0 Å². The van der Waals surface area contributed by atoms with Crippen LogP contribution in [0.2, 0.25) is 0 Å². The fourth-order valence-corrected chi connectivity index (χ4v) is 3.00. The van der Waals surface area contributed by atoms with Gasteiger partial charge in [0.25, 0.3) is 5.56 Å². The van der Waals surface area contributed by atoms with Crippen LogP contribution in [0.15, 0.2) is 39.9 Å². The second-order valence-corrected chi connectivity index (χ2v) is 6.75. The van der Waals surface area contributed by atoms with Gasteiger partial charge in [-0.25, -0.2) is 4.79 Å². The van der Waals surface area contributed by atoms with Crippen molar-refractivity contribution in [2.75, 3.05) is 30.8 Å². The summed E-state index contributed by atoms with van der Waals surface area (Å²) in [5.74, 6) is -0.0432. The van der Waals surface area contributed by atoms with E-state index in [4.69, 9.17) is 5.73 Å². The Kier molecular flexibility index (Phi) is 7.43. The van der Waals surface area contributed by atoms with Gasteiger partial charge in [-0.3, -0.25) is 19.1 Å². The maximum atomic E-state index is 12.7.